The van der Waals surface area contributed by atoms with Gasteiger partial charge in [-0.05, 0) is 31.6 Å². The maximum absolute atomic E-state index is 12.1. The summed E-state index contributed by atoms with van der Waals surface area (Å²) in [5.74, 6) is 0.666. The van der Waals surface area contributed by atoms with Gasteiger partial charge in [0.05, 0.1) is 0 Å². The second kappa shape index (κ2) is 3.69. The van der Waals surface area contributed by atoms with Gasteiger partial charge in [0.2, 0.25) is 6.43 Å². The third kappa shape index (κ3) is 2.70. The van der Waals surface area contributed by atoms with Crippen LogP contribution in [0.2, 0.25) is 0 Å². The Morgan fingerprint density at radius 3 is 2.33 bits per heavy atom. The molecule has 0 bridgehead atoms. The van der Waals surface area contributed by atoms with Gasteiger partial charge in [0, 0.05) is 12.0 Å². The maximum atomic E-state index is 12.1. The summed E-state index contributed by atoms with van der Waals surface area (Å²) in [5, 5.41) is 0. The second-order valence-corrected chi connectivity index (χ2v) is 4.14. The first-order valence-corrected chi connectivity index (χ1v) is 4.59. The van der Waals surface area contributed by atoms with Crippen molar-refractivity contribution in [2.45, 2.75) is 51.0 Å². The standard InChI is InChI=1S/C9H17F2N/c1-7-2-4-9(12,5-3-7)6-8(10)11/h7-8H,2-6,12H2,1H3. The van der Waals surface area contributed by atoms with Crippen molar-refractivity contribution in [1.29, 1.82) is 0 Å². The fraction of sp³-hybridized carbons (Fsp3) is 1.00. The highest BCUT2D eigenvalue weighted by Gasteiger charge is 2.32. The fourth-order valence-corrected chi connectivity index (χ4v) is 1.85. The molecule has 1 nitrogen and oxygen atoms in total. The molecule has 0 aromatic rings. The summed E-state index contributed by atoms with van der Waals surface area (Å²) in [6.45, 7) is 2.15. The number of hydrogen-bond acceptors (Lipinski definition) is 1. The molecule has 72 valence electrons. The number of hydrogen-bond donors (Lipinski definition) is 1. The molecule has 0 heterocycles. The smallest absolute Gasteiger partial charge is 0.240 e. The van der Waals surface area contributed by atoms with Crippen molar-refractivity contribution in [3.05, 3.63) is 0 Å². The van der Waals surface area contributed by atoms with Gasteiger partial charge in [0.1, 0.15) is 0 Å². The predicted molar refractivity (Wildman–Crippen MR) is 45.2 cm³/mol. The lowest BCUT2D eigenvalue weighted by Crippen LogP contribution is -2.44. The van der Waals surface area contributed by atoms with Gasteiger partial charge in [-0.25, -0.2) is 8.78 Å². The summed E-state index contributed by atoms with van der Waals surface area (Å²) in [7, 11) is 0. The molecule has 1 fully saturated rings. The molecular formula is C9H17F2N. The van der Waals surface area contributed by atoms with E-state index in [1.807, 2.05) is 0 Å². The van der Waals surface area contributed by atoms with E-state index in [2.05, 4.69) is 6.92 Å². The van der Waals surface area contributed by atoms with Gasteiger partial charge < -0.3 is 5.73 Å². The zero-order valence-electron chi connectivity index (χ0n) is 7.52. The van der Waals surface area contributed by atoms with Crippen molar-refractivity contribution in [2.75, 3.05) is 0 Å². The van der Waals surface area contributed by atoms with Gasteiger partial charge in [-0.15, -0.1) is 0 Å². The Balaban J connectivity index is 2.39. The van der Waals surface area contributed by atoms with Crippen LogP contribution in [0.3, 0.4) is 0 Å². The van der Waals surface area contributed by atoms with E-state index in [0.717, 1.165) is 25.7 Å². The van der Waals surface area contributed by atoms with Crippen LogP contribution >= 0.6 is 0 Å². The van der Waals surface area contributed by atoms with Crippen LogP contribution in [-0.2, 0) is 0 Å². The minimum Gasteiger partial charge on any atom is -0.325 e. The van der Waals surface area contributed by atoms with Crippen molar-refractivity contribution in [3.8, 4) is 0 Å². The van der Waals surface area contributed by atoms with Gasteiger partial charge in [-0.1, -0.05) is 6.92 Å². The average molecular weight is 177 g/mol. The lowest BCUT2D eigenvalue weighted by atomic mass is 9.76. The Morgan fingerprint density at radius 1 is 1.42 bits per heavy atom. The highest BCUT2D eigenvalue weighted by atomic mass is 19.3. The predicted octanol–water partition coefficient (Wildman–Crippen LogP) is 2.55. The van der Waals surface area contributed by atoms with Gasteiger partial charge in [-0.3, -0.25) is 0 Å². The zero-order valence-corrected chi connectivity index (χ0v) is 7.52. The average Bonchev–Trinajstić information content (AvgIpc) is 1.94. The van der Waals surface area contributed by atoms with Gasteiger partial charge >= 0.3 is 0 Å². The van der Waals surface area contributed by atoms with E-state index < -0.39 is 12.0 Å². The second-order valence-electron chi connectivity index (χ2n) is 4.14. The SMILES string of the molecule is CC1CCC(N)(CC(F)F)CC1. The maximum Gasteiger partial charge on any atom is 0.240 e. The molecular weight excluding hydrogens is 160 g/mol. The molecule has 3 heteroatoms. The summed E-state index contributed by atoms with van der Waals surface area (Å²) in [5.41, 5.74) is 5.27. The van der Waals surface area contributed by atoms with Crippen LogP contribution in [-0.4, -0.2) is 12.0 Å². The molecule has 0 amide bonds. The van der Waals surface area contributed by atoms with Crippen LogP contribution in [0.4, 0.5) is 8.78 Å². The van der Waals surface area contributed by atoms with Crippen LogP contribution in [0.25, 0.3) is 0 Å². The third-order valence-corrected chi connectivity index (χ3v) is 2.83. The third-order valence-electron chi connectivity index (χ3n) is 2.83. The molecule has 0 aliphatic heterocycles. The molecule has 1 aliphatic carbocycles. The Labute approximate surface area is 72.3 Å². The molecule has 0 aromatic carbocycles. The monoisotopic (exact) mass is 177 g/mol. The first kappa shape index (κ1) is 9.90. The molecule has 2 N–H and O–H groups in total. The summed E-state index contributed by atoms with van der Waals surface area (Å²) >= 11 is 0. The van der Waals surface area contributed by atoms with E-state index in [4.69, 9.17) is 5.73 Å². The van der Waals surface area contributed by atoms with E-state index in [0.29, 0.717) is 5.92 Å². The van der Waals surface area contributed by atoms with Crippen molar-refractivity contribution < 1.29 is 8.78 Å². The Bertz CT molecular complexity index is 139. The molecule has 0 radical (unpaired) electrons. The van der Waals surface area contributed by atoms with Crippen molar-refractivity contribution >= 4 is 0 Å². The lowest BCUT2D eigenvalue weighted by molar-refractivity contribution is 0.0842. The molecule has 0 unspecified atom stereocenters. The van der Waals surface area contributed by atoms with Crippen LogP contribution in [0.1, 0.15) is 39.0 Å². The Morgan fingerprint density at radius 2 is 1.92 bits per heavy atom. The number of alkyl halides is 2. The van der Waals surface area contributed by atoms with E-state index in [-0.39, 0.29) is 6.42 Å². The van der Waals surface area contributed by atoms with Crippen LogP contribution in [0.15, 0.2) is 0 Å². The van der Waals surface area contributed by atoms with E-state index >= 15 is 0 Å². The molecule has 0 spiro atoms. The summed E-state index contributed by atoms with van der Waals surface area (Å²) in [6, 6.07) is 0. The van der Waals surface area contributed by atoms with E-state index in [1.54, 1.807) is 0 Å². The van der Waals surface area contributed by atoms with Crippen molar-refractivity contribution in [2.24, 2.45) is 11.7 Å². The number of rotatable bonds is 2. The number of halogens is 2. The highest BCUT2D eigenvalue weighted by Crippen LogP contribution is 2.33. The zero-order chi connectivity index (χ0) is 9.19. The molecule has 0 atom stereocenters. The molecule has 1 aliphatic rings. The molecule has 1 rings (SSSR count). The minimum atomic E-state index is -2.25. The largest absolute Gasteiger partial charge is 0.325 e. The van der Waals surface area contributed by atoms with Gasteiger partial charge in [0.15, 0.2) is 0 Å². The summed E-state index contributed by atoms with van der Waals surface area (Å²) in [4.78, 5) is 0. The first-order chi connectivity index (χ1) is 5.52. The van der Waals surface area contributed by atoms with Crippen molar-refractivity contribution in [1.82, 2.24) is 0 Å². The summed E-state index contributed by atoms with van der Waals surface area (Å²) in [6.07, 6.45) is 1.16. The van der Waals surface area contributed by atoms with Crippen LogP contribution in [0, 0.1) is 5.92 Å². The number of nitrogens with two attached hydrogens (primary N) is 1. The molecule has 0 saturated heterocycles. The fourth-order valence-electron chi connectivity index (χ4n) is 1.85. The first-order valence-electron chi connectivity index (χ1n) is 4.59. The molecule has 0 aromatic heterocycles. The Kier molecular flexibility index (Phi) is 3.04. The Hall–Kier alpha value is -0.180. The summed E-state index contributed by atoms with van der Waals surface area (Å²) < 4.78 is 24.2. The molecule has 12 heavy (non-hydrogen) atoms. The lowest BCUT2D eigenvalue weighted by Gasteiger charge is -2.35. The van der Waals surface area contributed by atoms with E-state index in [1.165, 1.54) is 0 Å². The molecule has 1 saturated carbocycles. The quantitative estimate of drug-likeness (QED) is 0.689. The van der Waals surface area contributed by atoms with Crippen LogP contribution in [0.5, 0.6) is 0 Å². The van der Waals surface area contributed by atoms with Crippen molar-refractivity contribution in [3.63, 3.8) is 0 Å². The topological polar surface area (TPSA) is 26.0 Å². The van der Waals surface area contributed by atoms with Crippen LogP contribution < -0.4 is 5.73 Å². The highest BCUT2D eigenvalue weighted by molar-refractivity contribution is 4.89. The minimum absolute atomic E-state index is 0.125. The normalized spacial score (nSPS) is 37.2. The van der Waals surface area contributed by atoms with E-state index in [9.17, 15) is 8.78 Å². The van der Waals surface area contributed by atoms with Gasteiger partial charge in [-0.2, -0.15) is 0 Å². The van der Waals surface area contributed by atoms with Gasteiger partial charge in [0.25, 0.3) is 0 Å².